The highest BCUT2D eigenvalue weighted by Gasteiger charge is 2.39. The number of fused-ring (bicyclic) bond motifs is 1. The van der Waals surface area contributed by atoms with Crippen LogP contribution < -0.4 is 11.0 Å². The molecule has 0 bridgehead atoms. The van der Waals surface area contributed by atoms with Crippen molar-refractivity contribution >= 4 is 26.9 Å². The van der Waals surface area contributed by atoms with Crippen LogP contribution in [0.15, 0.2) is 17.1 Å². The summed E-state index contributed by atoms with van der Waals surface area (Å²) in [6, 6.07) is 1.52. The normalized spacial score (nSPS) is 23.0. The fourth-order valence-electron chi connectivity index (χ4n) is 3.10. The Morgan fingerprint density at radius 2 is 2.17 bits per heavy atom. The van der Waals surface area contributed by atoms with Crippen molar-refractivity contribution in [2.24, 2.45) is 0 Å². The molecule has 1 saturated heterocycles. The highest BCUT2D eigenvalue weighted by atomic mass is 32.2. The number of hydrogen-bond acceptors (Lipinski definition) is 5. The topological polar surface area (TPSA) is 114 Å². The quantitative estimate of drug-likeness (QED) is 0.840. The molecule has 1 fully saturated rings. The summed E-state index contributed by atoms with van der Waals surface area (Å²) in [4.78, 5) is 31.3. The molecule has 0 aromatic carbocycles. The van der Waals surface area contributed by atoms with E-state index in [4.69, 9.17) is 0 Å². The number of pyridine rings is 1. The van der Waals surface area contributed by atoms with Crippen LogP contribution in [-0.4, -0.2) is 45.9 Å². The zero-order valence-corrected chi connectivity index (χ0v) is 14.6. The maximum Gasteiger partial charge on any atom is 0.327 e. The van der Waals surface area contributed by atoms with Crippen LogP contribution in [-0.2, 0) is 9.84 Å². The van der Waals surface area contributed by atoms with Crippen LogP contribution in [0.25, 0.3) is 11.2 Å². The summed E-state index contributed by atoms with van der Waals surface area (Å²) in [5, 5.41) is 2.79. The lowest BCUT2D eigenvalue weighted by Gasteiger charge is -2.23. The zero-order chi connectivity index (χ0) is 17.7. The van der Waals surface area contributed by atoms with E-state index in [2.05, 4.69) is 15.3 Å². The summed E-state index contributed by atoms with van der Waals surface area (Å²) < 4.78 is 24.8. The van der Waals surface area contributed by atoms with Gasteiger partial charge in [-0.15, -0.1) is 0 Å². The smallest absolute Gasteiger partial charge is 0.327 e. The first-order chi connectivity index (χ1) is 11.1. The number of nitrogens with one attached hydrogen (secondary N) is 2. The molecule has 3 rings (SSSR count). The molecular formula is C15H20N4O4S. The molecule has 0 aliphatic carbocycles. The third kappa shape index (κ3) is 2.95. The van der Waals surface area contributed by atoms with Gasteiger partial charge in [0.2, 0.25) is 0 Å². The van der Waals surface area contributed by atoms with Crippen molar-refractivity contribution in [2.45, 2.75) is 38.8 Å². The first-order valence-electron chi connectivity index (χ1n) is 7.73. The number of carbonyl (C=O) groups excluding carboxylic acids is 1. The highest BCUT2D eigenvalue weighted by Crippen LogP contribution is 2.23. The van der Waals surface area contributed by atoms with Crippen molar-refractivity contribution in [3.8, 4) is 0 Å². The van der Waals surface area contributed by atoms with Gasteiger partial charge in [-0.1, -0.05) is 0 Å². The first kappa shape index (κ1) is 16.7. The van der Waals surface area contributed by atoms with Crippen molar-refractivity contribution in [3.63, 3.8) is 0 Å². The third-order valence-electron chi connectivity index (χ3n) is 4.27. The second-order valence-corrected chi connectivity index (χ2v) is 9.03. The summed E-state index contributed by atoms with van der Waals surface area (Å²) in [5.41, 5.74) is 0.202. The minimum atomic E-state index is -3.11. The van der Waals surface area contributed by atoms with E-state index in [1.54, 1.807) is 13.0 Å². The summed E-state index contributed by atoms with van der Waals surface area (Å²) in [5.74, 6) is -0.387. The second-order valence-electron chi connectivity index (χ2n) is 6.84. The molecule has 0 saturated carbocycles. The van der Waals surface area contributed by atoms with Crippen LogP contribution in [0, 0.1) is 0 Å². The Labute approximate surface area is 139 Å². The largest absolute Gasteiger partial charge is 0.346 e. The van der Waals surface area contributed by atoms with E-state index < -0.39 is 21.3 Å². The van der Waals surface area contributed by atoms with Crippen molar-refractivity contribution in [2.75, 3.05) is 11.5 Å². The summed E-state index contributed by atoms with van der Waals surface area (Å²) in [6.07, 6.45) is 1.77. The van der Waals surface area contributed by atoms with Gasteiger partial charge >= 0.3 is 5.69 Å². The average molecular weight is 352 g/mol. The van der Waals surface area contributed by atoms with Gasteiger partial charge in [-0.3, -0.25) is 14.3 Å². The Morgan fingerprint density at radius 3 is 2.75 bits per heavy atom. The van der Waals surface area contributed by atoms with Crippen molar-refractivity contribution in [3.05, 3.63) is 28.3 Å². The monoisotopic (exact) mass is 352 g/mol. The maximum atomic E-state index is 12.5. The molecule has 9 heteroatoms. The van der Waals surface area contributed by atoms with Crippen LogP contribution in [0.2, 0.25) is 0 Å². The van der Waals surface area contributed by atoms with Gasteiger partial charge in [-0.05, 0) is 33.3 Å². The van der Waals surface area contributed by atoms with Crippen molar-refractivity contribution in [1.82, 2.24) is 19.9 Å². The maximum absolute atomic E-state index is 12.5. The van der Waals surface area contributed by atoms with Crippen LogP contribution in [0.4, 0.5) is 0 Å². The third-order valence-corrected chi connectivity index (χ3v) is 6.17. The molecule has 0 spiro atoms. The van der Waals surface area contributed by atoms with Crippen molar-refractivity contribution < 1.29 is 13.2 Å². The van der Waals surface area contributed by atoms with E-state index in [0.717, 1.165) is 0 Å². The molecule has 130 valence electrons. The van der Waals surface area contributed by atoms with Crippen LogP contribution in [0.5, 0.6) is 0 Å². The van der Waals surface area contributed by atoms with E-state index >= 15 is 0 Å². The number of imidazole rings is 1. The minimum absolute atomic E-state index is 0.0672. The van der Waals surface area contributed by atoms with Gasteiger partial charge in [0.15, 0.2) is 15.5 Å². The molecule has 2 N–H and O–H groups in total. The Hall–Kier alpha value is -2.16. The number of aromatic nitrogens is 3. The lowest BCUT2D eigenvalue weighted by Crippen LogP contribution is -2.46. The number of nitrogens with zero attached hydrogens (tertiary/aromatic N) is 2. The van der Waals surface area contributed by atoms with Gasteiger partial charge in [-0.25, -0.2) is 18.2 Å². The second kappa shape index (κ2) is 5.44. The Kier molecular flexibility index (Phi) is 3.78. The number of carbonyl (C=O) groups is 1. The van der Waals surface area contributed by atoms with Gasteiger partial charge in [-0.2, -0.15) is 0 Å². The fraction of sp³-hybridized carbons (Fsp3) is 0.533. The number of rotatable bonds is 3. The van der Waals surface area contributed by atoms with Crippen LogP contribution in [0.3, 0.4) is 0 Å². The van der Waals surface area contributed by atoms with E-state index in [1.165, 1.54) is 10.8 Å². The minimum Gasteiger partial charge on any atom is -0.346 e. The SMILES string of the molecule is CC(C)n1c(=O)[nH]c2ncc(C(=O)N[C@@]3(C)CCS(=O)(=O)C3)cc21. The lowest BCUT2D eigenvalue weighted by atomic mass is 10.0. The summed E-state index contributed by atoms with van der Waals surface area (Å²) >= 11 is 0. The fourth-order valence-corrected chi connectivity index (χ4v) is 5.19. The van der Waals surface area contributed by atoms with Gasteiger partial charge < -0.3 is 5.32 Å². The number of hydrogen-bond donors (Lipinski definition) is 2. The van der Waals surface area contributed by atoms with Gasteiger partial charge in [0.1, 0.15) is 0 Å². The lowest BCUT2D eigenvalue weighted by molar-refractivity contribution is 0.0915. The number of sulfone groups is 1. The molecule has 1 amide bonds. The molecule has 1 aliphatic heterocycles. The van der Waals surface area contributed by atoms with Gasteiger partial charge in [0.25, 0.3) is 5.91 Å². The number of H-pyrrole nitrogens is 1. The Balaban J connectivity index is 1.93. The standard InChI is InChI=1S/C15H20N4O4S/c1-9(2)19-11-6-10(7-16-12(11)17-14(19)21)13(20)18-15(3)4-5-24(22,23)8-15/h6-7,9H,4-5,8H2,1-3H3,(H,18,20)(H,16,17,21)/t15-/m0/s1. The predicted molar refractivity (Wildman–Crippen MR) is 89.9 cm³/mol. The Bertz CT molecular complexity index is 973. The van der Waals surface area contributed by atoms with E-state index in [-0.39, 0.29) is 23.2 Å². The van der Waals surface area contributed by atoms with E-state index in [0.29, 0.717) is 23.1 Å². The highest BCUT2D eigenvalue weighted by molar-refractivity contribution is 7.91. The van der Waals surface area contributed by atoms with Gasteiger partial charge in [0.05, 0.1) is 28.1 Å². The van der Waals surface area contributed by atoms with Crippen LogP contribution >= 0.6 is 0 Å². The van der Waals surface area contributed by atoms with E-state index in [1.807, 2.05) is 13.8 Å². The predicted octanol–water partition coefficient (Wildman–Crippen LogP) is 0.612. The van der Waals surface area contributed by atoms with Crippen molar-refractivity contribution in [1.29, 1.82) is 0 Å². The zero-order valence-electron chi connectivity index (χ0n) is 13.8. The molecule has 0 radical (unpaired) electrons. The molecule has 2 aromatic rings. The summed E-state index contributed by atoms with van der Waals surface area (Å²) in [7, 11) is -3.11. The van der Waals surface area contributed by atoms with E-state index in [9.17, 15) is 18.0 Å². The molecular weight excluding hydrogens is 332 g/mol. The van der Waals surface area contributed by atoms with Crippen LogP contribution in [0.1, 0.15) is 43.6 Å². The molecule has 3 heterocycles. The molecule has 24 heavy (non-hydrogen) atoms. The molecule has 1 aliphatic rings. The molecule has 2 aromatic heterocycles. The molecule has 8 nitrogen and oxygen atoms in total. The Morgan fingerprint density at radius 1 is 1.46 bits per heavy atom. The first-order valence-corrected chi connectivity index (χ1v) is 9.56. The summed E-state index contributed by atoms with van der Waals surface area (Å²) in [6.45, 7) is 5.46. The number of aromatic amines is 1. The molecule has 0 unspecified atom stereocenters. The average Bonchev–Trinajstić information content (AvgIpc) is 2.93. The van der Waals surface area contributed by atoms with Gasteiger partial charge in [0, 0.05) is 12.2 Å². The number of amides is 1. The molecule has 1 atom stereocenters.